The van der Waals surface area contributed by atoms with Crippen molar-refractivity contribution < 1.29 is 14.3 Å². The van der Waals surface area contributed by atoms with E-state index in [0.717, 1.165) is 54.6 Å². The number of nitrogens with one attached hydrogen (secondary N) is 2. The van der Waals surface area contributed by atoms with E-state index in [1.807, 2.05) is 48.5 Å². The third kappa shape index (κ3) is 4.41. The Balaban J connectivity index is 1.39. The highest BCUT2D eigenvalue weighted by Crippen LogP contribution is 2.24. The lowest BCUT2D eigenvalue weighted by atomic mass is 10.1. The van der Waals surface area contributed by atoms with Crippen LogP contribution in [-0.4, -0.2) is 49.5 Å². The standard InChI is InChI=1S/C22H24N4O3/c1-28-20-8-4-16(5-9-20)21-18(15-24-25-21)14-23-22(27)17-2-6-19(7-3-17)26-10-12-29-13-11-26/h2-9,15H,10-14H2,1H3,(H,23,27)(H,24,25). The summed E-state index contributed by atoms with van der Waals surface area (Å²) in [5.74, 6) is 0.684. The number of hydrogen-bond donors (Lipinski definition) is 2. The fourth-order valence-corrected chi connectivity index (χ4v) is 3.38. The first-order chi connectivity index (χ1) is 14.2. The van der Waals surface area contributed by atoms with E-state index in [0.29, 0.717) is 12.1 Å². The van der Waals surface area contributed by atoms with E-state index in [1.165, 1.54) is 0 Å². The molecule has 3 aromatic rings. The number of ether oxygens (including phenoxy) is 2. The number of amides is 1. The second-order valence-corrected chi connectivity index (χ2v) is 6.83. The molecule has 1 fully saturated rings. The fourth-order valence-electron chi connectivity index (χ4n) is 3.38. The number of nitrogens with zero attached hydrogens (tertiary/aromatic N) is 2. The molecule has 1 aromatic heterocycles. The first kappa shape index (κ1) is 19.0. The van der Waals surface area contributed by atoms with E-state index in [1.54, 1.807) is 13.3 Å². The third-order valence-corrected chi connectivity index (χ3v) is 5.04. The smallest absolute Gasteiger partial charge is 0.251 e. The Morgan fingerprint density at radius 1 is 1.14 bits per heavy atom. The van der Waals surface area contributed by atoms with E-state index < -0.39 is 0 Å². The van der Waals surface area contributed by atoms with Gasteiger partial charge in [-0.1, -0.05) is 0 Å². The zero-order valence-electron chi connectivity index (χ0n) is 16.4. The maximum Gasteiger partial charge on any atom is 0.251 e. The van der Waals surface area contributed by atoms with E-state index in [9.17, 15) is 4.79 Å². The van der Waals surface area contributed by atoms with Crippen LogP contribution in [0.3, 0.4) is 0 Å². The van der Waals surface area contributed by atoms with Crippen molar-refractivity contribution in [3.8, 4) is 17.0 Å². The van der Waals surface area contributed by atoms with Gasteiger partial charge in [0.25, 0.3) is 5.91 Å². The van der Waals surface area contributed by atoms with E-state index in [2.05, 4.69) is 20.4 Å². The minimum atomic E-state index is -0.111. The van der Waals surface area contributed by atoms with Gasteiger partial charge in [0.1, 0.15) is 5.75 Å². The monoisotopic (exact) mass is 392 g/mol. The molecule has 0 atom stereocenters. The van der Waals surface area contributed by atoms with Gasteiger partial charge in [-0.15, -0.1) is 0 Å². The summed E-state index contributed by atoms with van der Waals surface area (Å²) < 4.78 is 10.6. The largest absolute Gasteiger partial charge is 0.497 e. The number of methoxy groups -OCH3 is 1. The van der Waals surface area contributed by atoms with Gasteiger partial charge in [0, 0.05) is 42.0 Å². The van der Waals surface area contributed by atoms with Crippen molar-refractivity contribution in [2.75, 3.05) is 38.3 Å². The predicted molar refractivity (Wildman–Crippen MR) is 111 cm³/mol. The first-order valence-electron chi connectivity index (χ1n) is 9.62. The average Bonchev–Trinajstić information content (AvgIpc) is 3.27. The molecule has 7 nitrogen and oxygen atoms in total. The highest BCUT2D eigenvalue weighted by molar-refractivity contribution is 5.94. The summed E-state index contributed by atoms with van der Waals surface area (Å²) in [4.78, 5) is 14.8. The molecule has 1 aliphatic rings. The molecule has 1 aliphatic heterocycles. The summed E-state index contributed by atoms with van der Waals surface area (Å²) >= 11 is 0. The van der Waals surface area contributed by atoms with Crippen LogP contribution in [0.2, 0.25) is 0 Å². The van der Waals surface area contributed by atoms with Crippen LogP contribution in [0.25, 0.3) is 11.3 Å². The van der Waals surface area contributed by atoms with Gasteiger partial charge in [0.05, 0.1) is 32.2 Å². The number of H-pyrrole nitrogens is 1. The number of anilines is 1. The quantitative estimate of drug-likeness (QED) is 0.674. The molecule has 0 radical (unpaired) electrons. The molecule has 1 amide bonds. The van der Waals surface area contributed by atoms with Crippen LogP contribution < -0.4 is 15.0 Å². The minimum Gasteiger partial charge on any atom is -0.497 e. The number of carbonyl (C=O) groups excluding carboxylic acids is 1. The Kier molecular flexibility index (Phi) is 5.76. The number of carbonyl (C=O) groups is 1. The second kappa shape index (κ2) is 8.79. The predicted octanol–water partition coefficient (Wildman–Crippen LogP) is 2.85. The van der Waals surface area contributed by atoms with Crippen LogP contribution in [0, 0.1) is 0 Å². The van der Waals surface area contributed by atoms with Crippen molar-refractivity contribution in [2.24, 2.45) is 0 Å². The molecule has 4 rings (SSSR count). The summed E-state index contributed by atoms with van der Waals surface area (Å²) in [5.41, 5.74) is 4.55. The van der Waals surface area contributed by atoms with E-state index in [4.69, 9.17) is 9.47 Å². The molecule has 7 heteroatoms. The van der Waals surface area contributed by atoms with Gasteiger partial charge in [-0.3, -0.25) is 9.89 Å². The molecule has 0 bridgehead atoms. The molecular formula is C22H24N4O3. The molecule has 29 heavy (non-hydrogen) atoms. The molecule has 1 saturated heterocycles. The summed E-state index contributed by atoms with van der Waals surface area (Å²) in [5, 5.41) is 10.1. The Morgan fingerprint density at radius 3 is 2.55 bits per heavy atom. The van der Waals surface area contributed by atoms with Gasteiger partial charge in [0.15, 0.2) is 0 Å². The molecule has 2 N–H and O–H groups in total. The van der Waals surface area contributed by atoms with Crippen molar-refractivity contribution in [1.82, 2.24) is 15.5 Å². The molecule has 2 heterocycles. The number of morpholine rings is 1. The number of benzene rings is 2. The fraction of sp³-hybridized carbons (Fsp3) is 0.273. The Bertz CT molecular complexity index is 945. The van der Waals surface area contributed by atoms with Gasteiger partial charge < -0.3 is 19.7 Å². The maximum absolute atomic E-state index is 12.6. The van der Waals surface area contributed by atoms with Gasteiger partial charge in [0.2, 0.25) is 0 Å². The number of aromatic amines is 1. The van der Waals surface area contributed by atoms with Crippen LogP contribution >= 0.6 is 0 Å². The second-order valence-electron chi connectivity index (χ2n) is 6.83. The third-order valence-electron chi connectivity index (χ3n) is 5.04. The molecule has 0 unspecified atom stereocenters. The van der Waals surface area contributed by atoms with Crippen LogP contribution in [0.1, 0.15) is 15.9 Å². The number of hydrogen-bond acceptors (Lipinski definition) is 5. The lowest BCUT2D eigenvalue weighted by Crippen LogP contribution is -2.36. The van der Waals surface area contributed by atoms with E-state index in [-0.39, 0.29) is 5.91 Å². The van der Waals surface area contributed by atoms with Gasteiger partial charge >= 0.3 is 0 Å². The van der Waals surface area contributed by atoms with Crippen LogP contribution in [0.15, 0.2) is 54.7 Å². The first-order valence-corrected chi connectivity index (χ1v) is 9.62. The van der Waals surface area contributed by atoms with Crippen molar-refractivity contribution in [3.05, 3.63) is 65.9 Å². The van der Waals surface area contributed by atoms with Crippen LogP contribution in [-0.2, 0) is 11.3 Å². The molecule has 0 saturated carbocycles. The highest BCUT2D eigenvalue weighted by atomic mass is 16.5. The van der Waals surface area contributed by atoms with Crippen molar-refractivity contribution in [1.29, 1.82) is 0 Å². The van der Waals surface area contributed by atoms with Gasteiger partial charge in [-0.05, 0) is 48.5 Å². The number of rotatable bonds is 6. The van der Waals surface area contributed by atoms with Crippen LogP contribution in [0.4, 0.5) is 5.69 Å². The topological polar surface area (TPSA) is 79.5 Å². The van der Waals surface area contributed by atoms with Gasteiger partial charge in [-0.2, -0.15) is 5.10 Å². The van der Waals surface area contributed by atoms with Crippen molar-refractivity contribution in [2.45, 2.75) is 6.54 Å². The minimum absolute atomic E-state index is 0.111. The molecule has 0 spiro atoms. The average molecular weight is 392 g/mol. The Morgan fingerprint density at radius 2 is 1.86 bits per heavy atom. The number of aromatic nitrogens is 2. The lowest BCUT2D eigenvalue weighted by Gasteiger charge is -2.28. The zero-order chi connectivity index (χ0) is 20.1. The molecule has 0 aliphatic carbocycles. The Hall–Kier alpha value is -3.32. The Labute approximate surface area is 169 Å². The van der Waals surface area contributed by atoms with Crippen molar-refractivity contribution in [3.63, 3.8) is 0 Å². The highest BCUT2D eigenvalue weighted by Gasteiger charge is 2.13. The summed E-state index contributed by atoms with van der Waals surface area (Å²) in [6, 6.07) is 15.4. The van der Waals surface area contributed by atoms with E-state index >= 15 is 0 Å². The maximum atomic E-state index is 12.6. The SMILES string of the molecule is COc1ccc(-c2[nH]ncc2CNC(=O)c2ccc(N3CCOCC3)cc2)cc1. The molecule has 2 aromatic carbocycles. The lowest BCUT2D eigenvalue weighted by molar-refractivity contribution is 0.0951. The molecular weight excluding hydrogens is 368 g/mol. The zero-order valence-corrected chi connectivity index (χ0v) is 16.4. The van der Waals surface area contributed by atoms with Crippen LogP contribution in [0.5, 0.6) is 5.75 Å². The summed E-state index contributed by atoms with van der Waals surface area (Å²) in [6.45, 7) is 3.62. The normalized spacial score (nSPS) is 13.9. The van der Waals surface area contributed by atoms with Gasteiger partial charge in [-0.25, -0.2) is 0 Å². The summed E-state index contributed by atoms with van der Waals surface area (Å²) in [7, 11) is 1.64. The molecule has 150 valence electrons. The van der Waals surface area contributed by atoms with Crippen molar-refractivity contribution >= 4 is 11.6 Å². The summed E-state index contributed by atoms with van der Waals surface area (Å²) in [6.07, 6.45) is 1.74.